The van der Waals surface area contributed by atoms with Crippen molar-refractivity contribution in [3.05, 3.63) is 83.7 Å². The van der Waals surface area contributed by atoms with Gasteiger partial charge in [-0.2, -0.15) is 0 Å². The summed E-state index contributed by atoms with van der Waals surface area (Å²) in [5.74, 6) is 0.537. The van der Waals surface area contributed by atoms with Crippen molar-refractivity contribution in [1.29, 1.82) is 0 Å². The molecule has 0 saturated carbocycles. The van der Waals surface area contributed by atoms with Gasteiger partial charge in [-0.25, -0.2) is 14.8 Å². The van der Waals surface area contributed by atoms with Gasteiger partial charge in [-0.15, -0.1) is 0 Å². The molecule has 0 spiro atoms. The summed E-state index contributed by atoms with van der Waals surface area (Å²) in [6.07, 6.45) is 5.57. The Kier molecular flexibility index (Phi) is 4.61. The molecule has 0 fully saturated rings. The fraction of sp³-hybridized carbons (Fsp3) is 0.0435. The summed E-state index contributed by atoms with van der Waals surface area (Å²) >= 11 is 5.91. The molecule has 0 atom stereocenters. The second kappa shape index (κ2) is 7.57. The van der Waals surface area contributed by atoms with Crippen molar-refractivity contribution in [1.82, 2.24) is 9.97 Å². The molecule has 1 aliphatic rings. The minimum absolute atomic E-state index is 0.324. The molecule has 2 aromatic carbocycles. The standard InChI is InChI=1S/C23H14ClN3O3/c24-16-3-1-14(2-4-16)20-8-6-18(23(28)30-20)26-17-5-7-21-19(13-17)27-22(29-21)15-9-11-25-12-10-15/h1-5,7-13H,6H2. The molecule has 2 aromatic heterocycles. The van der Waals surface area contributed by atoms with Gasteiger partial charge in [0.25, 0.3) is 0 Å². The van der Waals surface area contributed by atoms with Gasteiger partial charge >= 0.3 is 5.97 Å². The molecule has 1 aliphatic heterocycles. The summed E-state index contributed by atoms with van der Waals surface area (Å²) in [5, 5.41) is 0.624. The smallest absolute Gasteiger partial charge is 0.358 e. The Morgan fingerprint density at radius 1 is 0.967 bits per heavy atom. The predicted octanol–water partition coefficient (Wildman–Crippen LogP) is 5.60. The fourth-order valence-electron chi connectivity index (χ4n) is 3.11. The van der Waals surface area contributed by atoms with Crippen LogP contribution in [0.3, 0.4) is 0 Å². The van der Waals surface area contributed by atoms with E-state index in [9.17, 15) is 4.79 Å². The highest BCUT2D eigenvalue weighted by atomic mass is 35.5. The molecule has 3 heterocycles. The van der Waals surface area contributed by atoms with Crippen LogP contribution in [-0.2, 0) is 9.53 Å². The molecule has 0 aliphatic carbocycles. The average Bonchev–Trinajstić information content (AvgIpc) is 3.20. The van der Waals surface area contributed by atoms with E-state index < -0.39 is 5.97 Å². The zero-order chi connectivity index (χ0) is 20.5. The maximum atomic E-state index is 12.4. The zero-order valence-electron chi connectivity index (χ0n) is 15.6. The number of carbonyl (C=O) groups excluding carboxylic acids is 1. The van der Waals surface area contributed by atoms with Gasteiger partial charge in [0.05, 0.1) is 5.69 Å². The minimum atomic E-state index is -0.472. The van der Waals surface area contributed by atoms with E-state index in [0.29, 0.717) is 45.6 Å². The average molecular weight is 416 g/mol. The first-order chi connectivity index (χ1) is 14.7. The van der Waals surface area contributed by atoms with Gasteiger partial charge < -0.3 is 9.15 Å². The number of carbonyl (C=O) groups is 1. The van der Waals surface area contributed by atoms with Crippen LogP contribution in [-0.4, -0.2) is 21.6 Å². The lowest BCUT2D eigenvalue weighted by Crippen LogP contribution is -2.20. The number of hydrogen-bond acceptors (Lipinski definition) is 6. The predicted molar refractivity (Wildman–Crippen MR) is 114 cm³/mol. The lowest BCUT2D eigenvalue weighted by atomic mass is 10.1. The van der Waals surface area contributed by atoms with E-state index in [1.807, 2.05) is 30.3 Å². The number of allylic oxidation sites excluding steroid dienone is 1. The molecular weight excluding hydrogens is 402 g/mol. The number of fused-ring (bicyclic) bond motifs is 1. The van der Waals surface area contributed by atoms with Crippen LogP contribution < -0.4 is 0 Å². The van der Waals surface area contributed by atoms with Gasteiger partial charge in [0.1, 0.15) is 17.0 Å². The van der Waals surface area contributed by atoms with Gasteiger partial charge in [-0.1, -0.05) is 11.6 Å². The molecule has 0 unspecified atom stereocenters. The second-order valence-corrected chi connectivity index (χ2v) is 7.07. The van der Waals surface area contributed by atoms with E-state index in [2.05, 4.69) is 15.0 Å². The van der Waals surface area contributed by atoms with Gasteiger partial charge in [0.15, 0.2) is 5.58 Å². The molecule has 0 amide bonds. The molecule has 146 valence electrons. The van der Waals surface area contributed by atoms with Gasteiger partial charge in [0.2, 0.25) is 5.89 Å². The number of pyridine rings is 1. The number of hydrogen-bond donors (Lipinski definition) is 0. The summed E-state index contributed by atoms with van der Waals surface area (Å²) in [5.41, 5.74) is 3.86. The Morgan fingerprint density at radius 2 is 1.77 bits per heavy atom. The second-order valence-electron chi connectivity index (χ2n) is 6.63. The Labute approximate surface area is 176 Å². The number of rotatable bonds is 3. The van der Waals surface area contributed by atoms with Crippen LogP contribution in [0.5, 0.6) is 0 Å². The highest BCUT2D eigenvalue weighted by molar-refractivity contribution is 6.39. The fourth-order valence-corrected chi connectivity index (χ4v) is 3.24. The van der Waals surface area contributed by atoms with Crippen molar-refractivity contribution in [2.75, 3.05) is 0 Å². The Bertz CT molecular complexity index is 1310. The quantitative estimate of drug-likeness (QED) is 0.407. The molecule has 6 nitrogen and oxygen atoms in total. The van der Waals surface area contributed by atoms with Crippen LogP contribution in [0.1, 0.15) is 12.0 Å². The number of ether oxygens (including phenoxy) is 1. The van der Waals surface area contributed by atoms with Crippen LogP contribution in [0.4, 0.5) is 5.69 Å². The molecule has 0 saturated heterocycles. The third-order valence-corrected chi connectivity index (χ3v) is 4.86. The first-order valence-corrected chi connectivity index (χ1v) is 9.60. The van der Waals surface area contributed by atoms with Crippen molar-refractivity contribution in [3.63, 3.8) is 0 Å². The number of aliphatic imine (C=N–C) groups is 1. The van der Waals surface area contributed by atoms with Crippen molar-refractivity contribution in [3.8, 4) is 11.5 Å². The van der Waals surface area contributed by atoms with Crippen LogP contribution >= 0.6 is 11.6 Å². The van der Waals surface area contributed by atoms with E-state index in [4.69, 9.17) is 20.8 Å². The molecule has 30 heavy (non-hydrogen) atoms. The minimum Gasteiger partial charge on any atom is -0.436 e. The molecule has 0 radical (unpaired) electrons. The number of aromatic nitrogens is 2. The molecule has 0 N–H and O–H groups in total. The van der Waals surface area contributed by atoms with E-state index >= 15 is 0 Å². The molecule has 5 rings (SSSR count). The maximum Gasteiger partial charge on any atom is 0.358 e. The Hall–Kier alpha value is -3.77. The first-order valence-electron chi connectivity index (χ1n) is 9.22. The number of cyclic esters (lactones) is 1. The van der Waals surface area contributed by atoms with Crippen LogP contribution in [0.15, 0.2) is 82.5 Å². The van der Waals surface area contributed by atoms with Crippen LogP contribution in [0, 0.1) is 0 Å². The summed E-state index contributed by atoms with van der Waals surface area (Å²) < 4.78 is 11.2. The van der Waals surface area contributed by atoms with Gasteiger partial charge in [-0.3, -0.25) is 4.98 Å². The molecule has 4 aromatic rings. The number of nitrogens with zero attached hydrogens (tertiary/aromatic N) is 3. The molecular formula is C23H14ClN3O3. The number of benzene rings is 2. The van der Waals surface area contributed by atoms with Gasteiger partial charge in [-0.05, 0) is 60.7 Å². The van der Waals surface area contributed by atoms with Crippen LogP contribution in [0.25, 0.3) is 28.3 Å². The Balaban J connectivity index is 1.42. The van der Waals surface area contributed by atoms with Crippen molar-refractivity contribution in [2.45, 2.75) is 6.42 Å². The monoisotopic (exact) mass is 415 g/mol. The van der Waals surface area contributed by atoms with Crippen LogP contribution in [0.2, 0.25) is 5.02 Å². The van der Waals surface area contributed by atoms with Crippen molar-refractivity contribution < 1.29 is 13.9 Å². The molecule has 0 bridgehead atoms. The third-order valence-electron chi connectivity index (χ3n) is 4.61. The number of halogens is 1. The van der Waals surface area contributed by atoms with E-state index in [-0.39, 0.29) is 0 Å². The molecule has 7 heteroatoms. The van der Waals surface area contributed by atoms with Crippen molar-refractivity contribution >= 4 is 45.8 Å². The summed E-state index contributed by atoms with van der Waals surface area (Å²) in [6.45, 7) is 0. The lowest BCUT2D eigenvalue weighted by molar-refractivity contribution is -0.129. The Morgan fingerprint density at radius 3 is 2.53 bits per heavy atom. The third kappa shape index (κ3) is 3.60. The SMILES string of the molecule is O=C1OC(c2ccc(Cl)cc2)=CCC1=Nc1ccc2oc(-c3ccncc3)nc2c1. The van der Waals surface area contributed by atoms with Crippen molar-refractivity contribution in [2.24, 2.45) is 4.99 Å². The summed E-state index contributed by atoms with van der Waals surface area (Å²) in [6, 6.07) is 16.1. The zero-order valence-corrected chi connectivity index (χ0v) is 16.3. The largest absolute Gasteiger partial charge is 0.436 e. The van der Waals surface area contributed by atoms with E-state index in [1.165, 1.54) is 0 Å². The number of oxazole rings is 1. The highest BCUT2D eigenvalue weighted by Crippen LogP contribution is 2.28. The normalized spacial score (nSPS) is 15.3. The first kappa shape index (κ1) is 18.3. The maximum absolute atomic E-state index is 12.4. The lowest BCUT2D eigenvalue weighted by Gasteiger charge is -2.15. The number of esters is 1. The van der Waals surface area contributed by atoms with E-state index in [1.54, 1.807) is 42.7 Å². The highest BCUT2D eigenvalue weighted by Gasteiger charge is 2.21. The topological polar surface area (TPSA) is 77.6 Å². The summed E-state index contributed by atoms with van der Waals surface area (Å²) in [4.78, 5) is 25.4. The van der Waals surface area contributed by atoms with Gasteiger partial charge in [0, 0.05) is 35.0 Å². The van der Waals surface area contributed by atoms with E-state index in [0.717, 1.165) is 11.1 Å². The summed E-state index contributed by atoms with van der Waals surface area (Å²) in [7, 11) is 0.